The summed E-state index contributed by atoms with van der Waals surface area (Å²) < 4.78 is 5.58. The zero-order valence-corrected chi connectivity index (χ0v) is 18.3. The van der Waals surface area contributed by atoms with Crippen LogP contribution in [-0.2, 0) is 16.1 Å². The second-order valence-electron chi connectivity index (χ2n) is 6.76. The number of carbonyl (C=O) groups excluding carboxylic acids is 2. The Hall–Kier alpha value is -2.18. The van der Waals surface area contributed by atoms with Crippen LogP contribution in [0.3, 0.4) is 0 Å². The number of amides is 2. The van der Waals surface area contributed by atoms with Gasteiger partial charge in [0.1, 0.15) is 5.75 Å². The van der Waals surface area contributed by atoms with Crippen molar-refractivity contribution in [3.8, 4) is 5.75 Å². The summed E-state index contributed by atoms with van der Waals surface area (Å²) in [4.78, 5) is 28.1. The number of carbonyl (C=O) groups is 2. The van der Waals surface area contributed by atoms with Crippen molar-refractivity contribution in [2.45, 2.75) is 31.2 Å². The summed E-state index contributed by atoms with van der Waals surface area (Å²) in [6.45, 7) is 4.19. The third kappa shape index (κ3) is 5.46. The van der Waals surface area contributed by atoms with Gasteiger partial charge in [-0.25, -0.2) is 0 Å². The molecule has 0 radical (unpaired) electrons. The lowest BCUT2D eigenvalue weighted by molar-refractivity contribution is -0.137. The molecule has 1 saturated heterocycles. The highest BCUT2D eigenvalue weighted by Crippen LogP contribution is 2.31. The monoisotopic (exact) mass is 432 g/mol. The number of nitrogens with zero attached hydrogens (tertiary/aromatic N) is 2. The average Bonchev–Trinajstić information content (AvgIpc) is 3.05. The lowest BCUT2D eigenvalue weighted by atomic mass is 10.2. The molecule has 1 fully saturated rings. The molecule has 0 unspecified atom stereocenters. The molecule has 1 heterocycles. The molecular formula is C22H25ClN2O3S. The lowest BCUT2D eigenvalue weighted by Crippen LogP contribution is -2.31. The maximum Gasteiger partial charge on any atom is 0.229 e. The summed E-state index contributed by atoms with van der Waals surface area (Å²) in [5.41, 5.74) is 2.27. The van der Waals surface area contributed by atoms with Gasteiger partial charge in [0.05, 0.1) is 7.11 Å². The molecule has 154 valence electrons. The Morgan fingerprint density at radius 2 is 1.79 bits per heavy atom. The average molecular weight is 433 g/mol. The molecule has 29 heavy (non-hydrogen) atoms. The van der Waals surface area contributed by atoms with Gasteiger partial charge in [0.2, 0.25) is 11.8 Å². The van der Waals surface area contributed by atoms with Crippen molar-refractivity contribution < 1.29 is 14.3 Å². The molecule has 2 amide bonds. The van der Waals surface area contributed by atoms with Crippen LogP contribution in [0.2, 0.25) is 5.02 Å². The van der Waals surface area contributed by atoms with Crippen molar-refractivity contribution in [3.05, 3.63) is 53.1 Å². The van der Waals surface area contributed by atoms with Crippen LogP contribution in [0.15, 0.2) is 47.4 Å². The number of methoxy groups -OCH3 is 1. The fourth-order valence-corrected chi connectivity index (χ4v) is 4.38. The van der Waals surface area contributed by atoms with Crippen molar-refractivity contribution in [2.24, 2.45) is 0 Å². The third-order valence-electron chi connectivity index (χ3n) is 4.90. The molecule has 1 aliphatic rings. The minimum Gasteiger partial charge on any atom is -0.496 e. The van der Waals surface area contributed by atoms with Gasteiger partial charge < -0.3 is 9.64 Å². The smallest absolute Gasteiger partial charge is 0.229 e. The van der Waals surface area contributed by atoms with Crippen molar-refractivity contribution in [2.75, 3.05) is 30.9 Å². The van der Waals surface area contributed by atoms with Crippen LogP contribution in [0, 0.1) is 0 Å². The van der Waals surface area contributed by atoms with E-state index in [1.807, 2.05) is 36.4 Å². The second-order valence-corrected chi connectivity index (χ2v) is 8.34. The molecule has 7 heteroatoms. The quantitative estimate of drug-likeness (QED) is 0.427. The maximum absolute atomic E-state index is 11.7. The zero-order valence-electron chi connectivity index (χ0n) is 16.7. The standard InChI is InChI=1S/C22H25ClN2O3S/c1-3-24(18-7-5-17(23)6-8-18)15-16-4-9-20(19(14-16)28-2)29-13-12-25-21(26)10-11-22(25)27/h4-9,14H,3,10-13,15H2,1-2H3. The molecule has 0 atom stereocenters. The molecule has 3 rings (SSSR count). The second kappa shape index (κ2) is 10.0. The molecule has 2 aromatic rings. The van der Waals surface area contributed by atoms with E-state index in [9.17, 15) is 9.59 Å². The Morgan fingerprint density at radius 1 is 1.10 bits per heavy atom. The Kier molecular flexibility index (Phi) is 7.45. The number of anilines is 1. The van der Waals surface area contributed by atoms with Gasteiger partial charge in [0.15, 0.2) is 0 Å². The molecular weight excluding hydrogens is 408 g/mol. The van der Waals surface area contributed by atoms with E-state index in [-0.39, 0.29) is 11.8 Å². The van der Waals surface area contributed by atoms with E-state index in [1.165, 1.54) is 4.90 Å². The van der Waals surface area contributed by atoms with Gasteiger partial charge >= 0.3 is 0 Å². The van der Waals surface area contributed by atoms with Gasteiger partial charge in [-0.15, -0.1) is 11.8 Å². The maximum atomic E-state index is 11.7. The van der Waals surface area contributed by atoms with Gasteiger partial charge in [-0.3, -0.25) is 14.5 Å². The van der Waals surface area contributed by atoms with Crippen LogP contribution in [0.4, 0.5) is 5.69 Å². The van der Waals surface area contributed by atoms with E-state index >= 15 is 0 Å². The Morgan fingerprint density at radius 3 is 2.41 bits per heavy atom. The first-order valence-corrected chi connectivity index (χ1v) is 11.0. The summed E-state index contributed by atoms with van der Waals surface area (Å²) in [6.07, 6.45) is 0.673. The highest BCUT2D eigenvalue weighted by Gasteiger charge is 2.28. The van der Waals surface area contributed by atoms with Crippen LogP contribution >= 0.6 is 23.4 Å². The first-order valence-electron chi connectivity index (χ1n) is 9.65. The number of rotatable bonds is 9. The number of hydrogen-bond donors (Lipinski definition) is 0. The van der Waals surface area contributed by atoms with E-state index in [4.69, 9.17) is 16.3 Å². The molecule has 0 spiro atoms. The van der Waals surface area contributed by atoms with E-state index in [0.29, 0.717) is 25.1 Å². The number of thioether (sulfide) groups is 1. The van der Waals surface area contributed by atoms with Crippen LogP contribution in [0.1, 0.15) is 25.3 Å². The highest BCUT2D eigenvalue weighted by atomic mass is 35.5. The van der Waals surface area contributed by atoms with Crippen molar-refractivity contribution in [1.29, 1.82) is 0 Å². The van der Waals surface area contributed by atoms with Crippen molar-refractivity contribution >= 4 is 40.9 Å². The predicted molar refractivity (Wildman–Crippen MR) is 118 cm³/mol. The fraction of sp³-hybridized carbons (Fsp3) is 0.364. The molecule has 2 aromatic carbocycles. The van der Waals surface area contributed by atoms with Gasteiger partial charge in [-0.1, -0.05) is 17.7 Å². The first-order chi connectivity index (χ1) is 14.0. The molecule has 0 aromatic heterocycles. The summed E-state index contributed by atoms with van der Waals surface area (Å²) in [7, 11) is 1.66. The van der Waals surface area contributed by atoms with E-state index in [1.54, 1.807) is 18.9 Å². The number of benzene rings is 2. The molecule has 0 bridgehead atoms. The van der Waals surface area contributed by atoms with E-state index in [2.05, 4.69) is 17.9 Å². The molecule has 5 nitrogen and oxygen atoms in total. The largest absolute Gasteiger partial charge is 0.496 e. The Bertz CT molecular complexity index is 857. The Labute approximate surface area is 181 Å². The number of hydrogen-bond acceptors (Lipinski definition) is 5. The van der Waals surface area contributed by atoms with Crippen LogP contribution in [-0.4, -0.2) is 42.7 Å². The van der Waals surface area contributed by atoms with E-state index < -0.39 is 0 Å². The van der Waals surface area contributed by atoms with Crippen LogP contribution in [0.5, 0.6) is 5.75 Å². The van der Waals surface area contributed by atoms with E-state index in [0.717, 1.165) is 40.0 Å². The predicted octanol–water partition coefficient (Wildman–Crippen LogP) is 4.62. The molecule has 0 N–H and O–H groups in total. The number of likely N-dealkylation sites (tertiary alicyclic amines) is 1. The van der Waals surface area contributed by atoms with Crippen LogP contribution in [0.25, 0.3) is 0 Å². The summed E-state index contributed by atoms with van der Waals surface area (Å²) in [5.74, 6) is 1.32. The topological polar surface area (TPSA) is 49.9 Å². The highest BCUT2D eigenvalue weighted by molar-refractivity contribution is 7.99. The van der Waals surface area contributed by atoms with Crippen molar-refractivity contribution in [1.82, 2.24) is 4.90 Å². The zero-order chi connectivity index (χ0) is 20.8. The summed E-state index contributed by atoms with van der Waals surface area (Å²) in [6, 6.07) is 14.0. The minimum absolute atomic E-state index is 0.0697. The SMILES string of the molecule is CCN(Cc1ccc(SCCN2C(=O)CCC2=O)c(OC)c1)c1ccc(Cl)cc1. The third-order valence-corrected chi connectivity index (χ3v) is 6.19. The first kappa shape index (κ1) is 21.5. The van der Waals surface area contributed by atoms with Gasteiger partial charge in [-0.05, 0) is 48.9 Å². The van der Waals surface area contributed by atoms with Gasteiger partial charge in [-0.2, -0.15) is 0 Å². The molecule has 1 aliphatic heterocycles. The fourth-order valence-electron chi connectivity index (χ4n) is 3.31. The van der Waals surface area contributed by atoms with Crippen molar-refractivity contribution in [3.63, 3.8) is 0 Å². The van der Waals surface area contributed by atoms with Gasteiger partial charge in [0, 0.05) is 53.8 Å². The molecule has 0 aliphatic carbocycles. The number of imide groups is 1. The number of ether oxygens (including phenoxy) is 1. The van der Waals surface area contributed by atoms with Crippen LogP contribution < -0.4 is 9.64 Å². The lowest BCUT2D eigenvalue weighted by Gasteiger charge is -2.24. The van der Waals surface area contributed by atoms with Gasteiger partial charge in [0.25, 0.3) is 0 Å². The summed E-state index contributed by atoms with van der Waals surface area (Å²) in [5, 5.41) is 0.727. The summed E-state index contributed by atoms with van der Waals surface area (Å²) >= 11 is 7.59. The normalized spacial score (nSPS) is 13.8. The minimum atomic E-state index is -0.0697. The number of halogens is 1. The Balaban J connectivity index is 1.64. The molecule has 0 saturated carbocycles.